The standard InChI is InChI=1S/C32H39N3O3/c1-22-28-19-24(6-8-29(28)33-32(22)25-7-9-30(36-2)31(20-25)37-3)23-10-16-35(17-11-23)26-12-14-34(15-13-26)21-27-5-4-18-38-27/h4-9,18-20,23,26,33H,10-17,21H2,1-3H3. The first-order valence-electron chi connectivity index (χ1n) is 14.0. The third-order valence-corrected chi connectivity index (χ3v) is 8.79. The van der Waals surface area contributed by atoms with E-state index in [0.717, 1.165) is 54.2 Å². The summed E-state index contributed by atoms with van der Waals surface area (Å²) in [6.07, 6.45) is 6.78. The third-order valence-electron chi connectivity index (χ3n) is 8.79. The average Bonchev–Trinajstić information content (AvgIpc) is 3.60. The molecule has 0 radical (unpaired) electrons. The molecule has 0 aliphatic carbocycles. The van der Waals surface area contributed by atoms with E-state index in [9.17, 15) is 0 Å². The van der Waals surface area contributed by atoms with Gasteiger partial charge in [0, 0.05) is 41.3 Å². The van der Waals surface area contributed by atoms with Crippen molar-refractivity contribution in [1.29, 1.82) is 0 Å². The summed E-state index contributed by atoms with van der Waals surface area (Å²) in [7, 11) is 3.35. The van der Waals surface area contributed by atoms with Crippen molar-refractivity contribution in [3.63, 3.8) is 0 Å². The van der Waals surface area contributed by atoms with Gasteiger partial charge in [0.2, 0.25) is 0 Å². The molecule has 2 fully saturated rings. The number of piperidine rings is 2. The Morgan fingerprint density at radius 1 is 0.895 bits per heavy atom. The summed E-state index contributed by atoms with van der Waals surface area (Å²) in [6.45, 7) is 7.89. The van der Waals surface area contributed by atoms with Crippen molar-refractivity contribution in [2.24, 2.45) is 0 Å². The SMILES string of the molecule is COc1ccc(-c2[nH]c3ccc(C4CCN(C5CCN(Cc6ccco6)CC5)CC4)cc3c2C)cc1OC. The van der Waals surface area contributed by atoms with Gasteiger partial charge in [-0.15, -0.1) is 0 Å². The van der Waals surface area contributed by atoms with Gasteiger partial charge < -0.3 is 23.8 Å². The molecule has 2 aromatic heterocycles. The van der Waals surface area contributed by atoms with Crippen molar-refractivity contribution in [3.05, 3.63) is 71.7 Å². The number of nitrogens with zero attached hydrogens (tertiary/aromatic N) is 2. The molecule has 2 aliphatic rings. The Labute approximate surface area is 225 Å². The summed E-state index contributed by atoms with van der Waals surface area (Å²) in [5, 5.41) is 1.32. The quantitative estimate of drug-likeness (QED) is 0.302. The lowest BCUT2D eigenvalue weighted by molar-refractivity contribution is 0.0818. The van der Waals surface area contributed by atoms with Crippen LogP contribution >= 0.6 is 0 Å². The number of likely N-dealkylation sites (tertiary alicyclic amines) is 2. The van der Waals surface area contributed by atoms with Crippen molar-refractivity contribution in [1.82, 2.24) is 14.8 Å². The first-order valence-corrected chi connectivity index (χ1v) is 14.0. The van der Waals surface area contributed by atoms with Crippen LogP contribution in [0.1, 0.15) is 48.5 Å². The number of furan rings is 1. The lowest BCUT2D eigenvalue weighted by Gasteiger charge is -2.41. The molecule has 6 heteroatoms. The Balaban J connectivity index is 1.10. The Hall–Kier alpha value is -3.22. The van der Waals surface area contributed by atoms with Gasteiger partial charge in [-0.2, -0.15) is 0 Å². The molecule has 0 unspecified atom stereocenters. The molecule has 0 spiro atoms. The lowest BCUT2D eigenvalue weighted by atomic mass is 9.87. The summed E-state index contributed by atoms with van der Waals surface area (Å²) >= 11 is 0. The van der Waals surface area contributed by atoms with Gasteiger partial charge in [-0.3, -0.25) is 4.90 Å². The molecule has 1 N–H and O–H groups in total. The maximum atomic E-state index is 5.55. The highest BCUT2D eigenvalue weighted by Crippen LogP contribution is 2.38. The molecule has 4 heterocycles. The number of ether oxygens (including phenoxy) is 2. The number of benzene rings is 2. The monoisotopic (exact) mass is 513 g/mol. The lowest BCUT2D eigenvalue weighted by Crippen LogP contribution is -2.47. The molecule has 4 aromatic rings. The van der Waals surface area contributed by atoms with Gasteiger partial charge in [-0.1, -0.05) is 6.07 Å². The predicted molar refractivity (Wildman–Crippen MR) is 152 cm³/mol. The highest BCUT2D eigenvalue weighted by atomic mass is 16.5. The van der Waals surface area contributed by atoms with Crippen LogP contribution in [0.25, 0.3) is 22.2 Å². The van der Waals surface area contributed by atoms with E-state index in [-0.39, 0.29) is 0 Å². The number of hydrogen-bond donors (Lipinski definition) is 1. The Morgan fingerprint density at radius 2 is 1.68 bits per heavy atom. The Bertz CT molecular complexity index is 1360. The van der Waals surface area contributed by atoms with Gasteiger partial charge in [0.05, 0.1) is 27.0 Å². The maximum absolute atomic E-state index is 5.55. The molecular formula is C32H39N3O3. The van der Waals surface area contributed by atoms with Gasteiger partial charge in [-0.05, 0) is 105 Å². The largest absolute Gasteiger partial charge is 0.493 e. The van der Waals surface area contributed by atoms with Crippen molar-refractivity contribution in [2.75, 3.05) is 40.4 Å². The number of aryl methyl sites for hydroxylation is 1. The van der Waals surface area contributed by atoms with Crippen LogP contribution in [0.3, 0.4) is 0 Å². The second-order valence-corrected chi connectivity index (χ2v) is 10.9. The normalized spacial score (nSPS) is 18.3. The Kier molecular flexibility index (Phi) is 7.18. The number of rotatable bonds is 7. The molecule has 2 saturated heterocycles. The van der Waals surface area contributed by atoms with Crippen LogP contribution in [-0.4, -0.2) is 61.2 Å². The van der Waals surface area contributed by atoms with Crippen LogP contribution in [0.5, 0.6) is 11.5 Å². The van der Waals surface area contributed by atoms with Crippen LogP contribution in [0.15, 0.2) is 59.2 Å². The number of methoxy groups -OCH3 is 2. The van der Waals surface area contributed by atoms with E-state index in [1.165, 1.54) is 60.8 Å². The second-order valence-electron chi connectivity index (χ2n) is 10.9. The highest BCUT2D eigenvalue weighted by Gasteiger charge is 2.29. The van der Waals surface area contributed by atoms with Crippen LogP contribution < -0.4 is 9.47 Å². The highest BCUT2D eigenvalue weighted by molar-refractivity contribution is 5.91. The van der Waals surface area contributed by atoms with E-state index in [4.69, 9.17) is 13.9 Å². The molecule has 2 aliphatic heterocycles. The van der Waals surface area contributed by atoms with E-state index in [1.54, 1.807) is 20.5 Å². The van der Waals surface area contributed by atoms with Crippen LogP contribution in [0.4, 0.5) is 0 Å². The minimum absolute atomic E-state index is 0.633. The van der Waals surface area contributed by atoms with E-state index >= 15 is 0 Å². The van der Waals surface area contributed by atoms with Crippen molar-refractivity contribution in [2.45, 2.75) is 51.1 Å². The first kappa shape index (κ1) is 25.1. The summed E-state index contributed by atoms with van der Waals surface area (Å²) in [5.41, 5.74) is 6.21. The topological polar surface area (TPSA) is 53.9 Å². The molecular weight excluding hydrogens is 474 g/mol. The first-order chi connectivity index (χ1) is 18.6. The second kappa shape index (κ2) is 10.9. The van der Waals surface area contributed by atoms with E-state index < -0.39 is 0 Å². The number of hydrogen-bond acceptors (Lipinski definition) is 5. The minimum Gasteiger partial charge on any atom is -0.493 e. The smallest absolute Gasteiger partial charge is 0.161 e. The van der Waals surface area contributed by atoms with E-state index in [1.807, 2.05) is 12.1 Å². The maximum Gasteiger partial charge on any atom is 0.161 e. The zero-order valence-electron chi connectivity index (χ0n) is 22.8. The fraction of sp³-hybridized carbons (Fsp3) is 0.438. The Morgan fingerprint density at radius 3 is 2.39 bits per heavy atom. The van der Waals surface area contributed by atoms with Crippen LogP contribution in [-0.2, 0) is 6.54 Å². The third kappa shape index (κ3) is 4.95. The number of fused-ring (bicyclic) bond motifs is 1. The fourth-order valence-electron chi connectivity index (χ4n) is 6.54. The molecule has 6 nitrogen and oxygen atoms in total. The summed E-state index contributed by atoms with van der Waals surface area (Å²) in [5.74, 6) is 3.21. The van der Waals surface area contributed by atoms with Crippen LogP contribution in [0.2, 0.25) is 0 Å². The summed E-state index contributed by atoms with van der Waals surface area (Å²) < 4.78 is 16.5. The fourth-order valence-corrected chi connectivity index (χ4v) is 6.54. The van der Waals surface area contributed by atoms with Gasteiger partial charge in [-0.25, -0.2) is 0 Å². The average molecular weight is 514 g/mol. The number of aromatic amines is 1. The number of nitrogens with one attached hydrogen (secondary N) is 1. The van der Waals surface area contributed by atoms with Crippen molar-refractivity contribution >= 4 is 10.9 Å². The molecule has 0 atom stereocenters. The molecule has 0 amide bonds. The van der Waals surface area contributed by atoms with Gasteiger partial charge >= 0.3 is 0 Å². The van der Waals surface area contributed by atoms with Gasteiger partial charge in [0.1, 0.15) is 5.76 Å². The molecule has 0 saturated carbocycles. The molecule has 2 aromatic carbocycles. The summed E-state index contributed by atoms with van der Waals surface area (Å²) in [4.78, 5) is 8.95. The summed E-state index contributed by atoms with van der Waals surface area (Å²) in [6, 6.07) is 17.9. The molecule has 38 heavy (non-hydrogen) atoms. The zero-order chi connectivity index (χ0) is 26.1. The van der Waals surface area contributed by atoms with Gasteiger partial charge in [0.25, 0.3) is 0 Å². The molecule has 200 valence electrons. The predicted octanol–water partition coefficient (Wildman–Crippen LogP) is 6.60. The van der Waals surface area contributed by atoms with E-state index in [0.29, 0.717) is 5.92 Å². The number of H-pyrrole nitrogens is 1. The van der Waals surface area contributed by atoms with Crippen LogP contribution in [0, 0.1) is 6.92 Å². The number of aromatic nitrogens is 1. The van der Waals surface area contributed by atoms with Crippen molar-refractivity contribution < 1.29 is 13.9 Å². The van der Waals surface area contributed by atoms with Gasteiger partial charge in [0.15, 0.2) is 11.5 Å². The van der Waals surface area contributed by atoms with E-state index in [2.05, 4.69) is 58.1 Å². The zero-order valence-corrected chi connectivity index (χ0v) is 22.8. The molecule has 6 rings (SSSR count). The van der Waals surface area contributed by atoms with Crippen molar-refractivity contribution in [3.8, 4) is 22.8 Å². The minimum atomic E-state index is 0.633. The molecule has 0 bridgehead atoms.